The Morgan fingerprint density at radius 1 is 1.28 bits per heavy atom. The van der Waals surface area contributed by atoms with Gasteiger partial charge in [0.15, 0.2) is 0 Å². The van der Waals surface area contributed by atoms with Crippen LogP contribution in [0.15, 0.2) is 42.6 Å². The standard InChI is InChI=1S/C19H25N3O3/c1-14(25-13-15-7-5-9-17(11-15)24-4)19(23)21-12-16-8-6-10-20-18(16)22(2)3/h5-11,14H,12-13H2,1-4H3,(H,21,23)/t14-/m1/s1. The van der Waals surface area contributed by atoms with Gasteiger partial charge in [-0.2, -0.15) is 0 Å². The van der Waals surface area contributed by atoms with Crippen molar-refractivity contribution >= 4 is 11.7 Å². The summed E-state index contributed by atoms with van der Waals surface area (Å²) in [7, 11) is 5.47. The Balaban J connectivity index is 1.86. The Bertz CT molecular complexity index is 704. The third kappa shape index (κ3) is 5.46. The van der Waals surface area contributed by atoms with Crippen molar-refractivity contribution in [1.82, 2.24) is 10.3 Å². The molecule has 0 unspecified atom stereocenters. The van der Waals surface area contributed by atoms with E-state index in [2.05, 4.69) is 10.3 Å². The molecule has 0 aliphatic rings. The summed E-state index contributed by atoms with van der Waals surface area (Å²) >= 11 is 0. The number of methoxy groups -OCH3 is 1. The number of carbonyl (C=O) groups is 1. The molecule has 0 radical (unpaired) electrons. The van der Waals surface area contributed by atoms with Crippen molar-refractivity contribution in [2.75, 3.05) is 26.1 Å². The van der Waals surface area contributed by atoms with E-state index in [1.807, 2.05) is 55.4 Å². The van der Waals surface area contributed by atoms with Gasteiger partial charge in [0.05, 0.1) is 13.7 Å². The summed E-state index contributed by atoms with van der Waals surface area (Å²) in [6.07, 6.45) is 1.19. The molecule has 0 aliphatic carbocycles. The van der Waals surface area contributed by atoms with Gasteiger partial charge in [0.25, 0.3) is 0 Å². The van der Waals surface area contributed by atoms with Gasteiger partial charge in [0, 0.05) is 32.4 Å². The van der Waals surface area contributed by atoms with Crippen molar-refractivity contribution in [3.05, 3.63) is 53.7 Å². The first-order valence-electron chi connectivity index (χ1n) is 8.14. The average molecular weight is 343 g/mol. The van der Waals surface area contributed by atoms with Crippen LogP contribution in [-0.2, 0) is 22.7 Å². The second-order valence-corrected chi connectivity index (χ2v) is 5.90. The molecule has 25 heavy (non-hydrogen) atoms. The van der Waals surface area contributed by atoms with Crippen LogP contribution in [0, 0.1) is 0 Å². The summed E-state index contributed by atoms with van der Waals surface area (Å²) in [5.41, 5.74) is 1.92. The summed E-state index contributed by atoms with van der Waals surface area (Å²) in [5, 5.41) is 2.90. The SMILES string of the molecule is COc1cccc(CO[C@H](C)C(=O)NCc2cccnc2N(C)C)c1. The average Bonchev–Trinajstić information content (AvgIpc) is 2.64. The Hall–Kier alpha value is -2.60. The molecule has 1 aromatic carbocycles. The molecular formula is C19H25N3O3. The zero-order valence-electron chi connectivity index (χ0n) is 15.2. The molecule has 1 heterocycles. The van der Waals surface area contributed by atoms with Gasteiger partial charge in [-0.05, 0) is 30.7 Å². The topological polar surface area (TPSA) is 63.7 Å². The van der Waals surface area contributed by atoms with Crippen molar-refractivity contribution < 1.29 is 14.3 Å². The molecule has 0 spiro atoms. The zero-order valence-corrected chi connectivity index (χ0v) is 15.2. The molecule has 6 heteroatoms. The fraction of sp³-hybridized carbons (Fsp3) is 0.368. The van der Waals surface area contributed by atoms with E-state index in [1.165, 1.54) is 0 Å². The van der Waals surface area contributed by atoms with Crippen LogP contribution >= 0.6 is 0 Å². The van der Waals surface area contributed by atoms with E-state index >= 15 is 0 Å². The van der Waals surface area contributed by atoms with Crippen LogP contribution in [-0.4, -0.2) is 38.2 Å². The summed E-state index contributed by atoms with van der Waals surface area (Å²) in [6, 6.07) is 11.4. The smallest absolute Gasteiger partial charge is 0.249 e. The lowest BCUT2D eigenvalue weighted by atomic mass is 10.2. The van der Waals surface area contributed by atoms with Crippen LogP contribution in [0.4, 0.5) is 5.82 Å². The molecule has 0 fully saturated rings. The summed E-state index contributed by atoms with van der Waals surface area (Å²) in [6.45, 7) is 2.50. The molecule has 1 aromatic heterocycles. The van der Waals surface area contributed by atoms with E-state index in [0.717, 1.165) is 22.7 Å². The van der Waals surface area contributed by atoms with Crippen LogP contribution in [0.1, 0.15) is 18.1 Å². The number of rotatable bonds is 8. The maximum Gasteiger partial charge on any atom is 0.249 e. The number of aromatic nitrogens is 1. The van der Waals surface area contributed by atoms with Crippen molar-refractivity contribution in [3.63, 3.8) is 0 Å². The minimum atomic E-state index is -0.550. The molecule has 134 valence electrons. The highest BCUT2D eigenvalue weighted by atomic mass is 16.5. The Kier molecular flexibility index (Phi) is 6.77. The van der Waals surface area contributed by atoms with Gasteiger partial charge in [0.2, 0.25) is 5.91 Å². The van der Waals surface area contributed by atoms with Crippen LogP contribution in [0.5, 0.6) is 5.75 Å². The van der Waals surface area contributed by atoms with E-state index < -0.39 is 6.10 Å². The highest BCUT2D eigenvalue weighted by molar-refractivity contribution is 5.80. The van der Waals surface area contributed by atoms with E-state index in [1.54, 1.807) is 20.2 Å². The predicted octanol–water partition coefficient (Wildman–Crippen LogP) is 2.38. The van der Waals surface area contributed by atoms with E-state index in [0.29, 0.717) is 13.2 Å². The lowest BCUT2D eigenvalue weighted by Crippen LogP contribution is -2.34. The van der Waals surface area contributed by atoms with Gasteiger partial charge >= 0.3 is 0 Å². The third-order valence-electron chi connectivity index (χ3n) is 3.75. The highest BCUT2D eigenvalue weighted by Gasteiger charge is 2.14. The summed E-state index contributed by atoms with van der Waals surface area (Å²) in [5.74, 6) is 1.45. The number of nitrogens with zero attached hydrogens (tertiary/aromatic N) is 2. The monoisotopic (exact) mass is 343 g/mol. The number of nitrogens with one attached hydrogen (secondary N) is 1. The molecule has 0 saturated carbocycles. The fourth-order valence-electron chi connectivity index (χ4n) is 2.36. The van der Waals surface area contributed by atoms with Crippen LogP contribution in [0.25, 0.3) is 0 Å². The number of hydrogen-bond acceptors (Lipinski definition) is 5. The number of pyridine rings is 1. The molecular weight excluding hydrogens is 318 g/mol. The van der Waals surface area contributed by atoms with Gasteiger partial charge in [-0.25, -0.2) is 4.98 Å². The number of anilines is 1. The molecule has 6 nitrogen and oxygen atoms in total. The second kappa shape index (κ2) is 9.03. The van der Waals surface area contributed by atoms with Gasteiger partial charge < -0.3 is 19.7 Å². The highest BCUT2D eigenvalue weighted by Crippen LogP contribution is 2.15. The van der Waals surface area contributed by atoms with Crippen molar-refractivity contribution in [3.8, 4) is 5.75 Å². The van der Waals surface area contributed by atoms with Crippen molar-refractivity contribution in [1.29, 1.82) is 0 Å². The Labute approximate surface area is 148 Å². The number of hydrogen-bond donors (Lipinski definition) is 1. The maximum atomic E-state index is 12.2. The fourth-order valence-corrected chi connectivity index (χ4v) is 2.36. The Morgan fingerprint density at radius 3 is 2.80 bits per heavy atom. The molecule has 0 saturated heterocycles. The lowest BCUT2D eigenvalue weighted by Gasteiger charge is -2.17. The predicted molar refractivity (Wildman–Crippen MR) is 97.7 cm³/mol. The van der Waals surface area contributed by atoms with Gasteiger partial charge in [-0.1, -0.05) is 18.2 Å². The van der Waals surface area contributed by atoms with Crippen LogP contribution in [0.2, 0.25) is 0 Å². The van der Waals surface area contributed by atoms with Gasteiger partial charge in [-0.3, -0.25) is 4.79 Å². The number of amides is 1. The third-order valence-corrected chi connectivity index (χ3v) is 3.75. The first kappa shape index (κ1) is 18.7. The second-order valence-electron chi connectivity index (χ2n) is 5.90. The lowest BCUT2D eigenvalue weighted by molar-refractivity contribution is -0.132. The number of ether oxygens (including phenoxy) is 2. The zero-order chi connectivity index (χ0) is 18.2. The summed E-state index contributed by atoms with van der Waals surface area (Å²) < 4.78 is 10.8. The molecule has 1 amide bonds. The Morgan fingerprint density at radius 2 is 2.08 bits per heavy atom. The molecule has 0 bridgehead atoms. The number of carbonyl (C=O) groups excluding carboxylic acids is 1. The van der Waals surface area contributed by atoms with E-state index in [4.69, 9.17) is 9.47 Å². The largest absolute Gasteiger partial charge is 0.497 e. The summed E-state index contributed by atoms with van der Waals surface area (Å²) in [4.78, 5) is 18.5. The number of benzene rings is 1. The molecule has 0 aliphatic heterocycles. The normalized spacial score (nSPS) is 11.7. The molecule has 1 N–H and O–H groups in total. The van der Waals surface area contributed by atoms with E-state index in [9.17, 15) is 4.79 Å². The molecule has 2 aromatic rings. The van der Waals surface area contributed by atoms with Crippen LogP contribution in [0.3, 0.4) is 0 Å². The van der Waals surface area contributed by atoms with Crippen molar-refractivity contribution in [2.45, 2.75) is 26.2 Å². The quantitative estimate of drug-likeness (QED) is 0.797. The molecule has 2 rings (SSSR count). The molecule has 1 atom stereocenters. The van der Waals surface area contributed by atoms with Gasteiger partial charge in [0.1, 0.15) is 17.7 Å². The maximum absolute atomic E-state index is 12.2. The minimum absolute atomic E-state index is 0.156. The minimum Gasteiger partial charge on any atom is -0.497 e. The first-order chi connectivity index (χ1) is 12.0. The van der Waals surface area contributed by atoms with Gasteiger partial charge in [-0.15, -0.1) is 0 Å². The van der Waals surface area contributed by atoms with E-state index in [-0.39, 0.29) is 5.91 Å². The van der Waals surface area contributed by atoms with Crippen LogP contribution < -0.4 is 15.0 Å². The first-order valence-corrected chi connectivity index (χ1v) is 8.14. The van der Waals surface area contributed by atoms with Crippen molar-refractivity contribution in [2.24, 2.45) is 0 Å².